The molecule has 0 saturated heterocycles. The molecule has 0 bridgehead atoms. The minimum Gasteiger partial charge on any atom is -0.340 e. The number of aromatic nitrogens is 4. The van der Waals surface area contributed by atoms with Gasteiger partial charge in [-0.2, -0.15) is 0 Å². The third-order valence-electron chi connectivity index (χ3n) is 10.4. The van der Waals surface area contributed by atoms with Crippen molar-refractivity contribution in [2.24, 2.45) is 0 Å². The number of carbonyl (C=O) groups is 5. The summed E-state index contributed by atoms with van der Waals surface area (Å²) in [5, 5.41) is 9.17. The molecule has 0 spiro atoms. The predicted molar refractivity (Wildman–Crippen MR) is 205 cm³/mol. The highest BCUT2D eigenvalue weighted by Gasteiger charge is 2.35. The van der Waals surface area contributed by atoms with E-state index in [4.69, 9.17) is 0 Å². The van der Waals surface area contributed by atoms with Crippen LogP contribution in [-0.2, 0) is 4.79 Å². The number of likely N-dealkylation sites (N-methyl/N-ethyl adjacent to an activating group) is 1. The van der Waals surface area contributed by atoms with Crippen molar-refractivity contribution in [3.8, 4) is 11.4 Å². The number of imidazole rings is 2. The molecule has 1 unspecified atom stereocenters. The zero-order valence-electron chi connectivity index (χ0n) is 30.4. The van der Waals surface area contributed by atoms with E-state index in [0.717, 1.165) is 22.1 Å². The Bertz CT molecular complexity index is 2480. The van der Waals surface area contributed by atoms with Crippen LogP contribution in [0.3, 0.4) is 0 Å². The molecule has 6 aromatic rings. The second-order valence-electron chi connectivity index (χ2n) is 13.7. The van der Waals surface area contributed by atoms with Gasteiger partial charge in [0.05, 0.1) is 29.8 Å². The summed E-state index contributed by atoms with van der Waals surface area (Å²) in [6.45, 7) is 3.32. The zero-order chi connectivity index (χ0) is 38.2. The highest BCUT2D eigenvalue weighted by molar-refractivity contribution is 6.26. The van der Waals surface area contributed by atoms with E-state index in [0.29, 0.717) is 59.1 Å². The van der Waals surface area contributed by atoms with Crippen molar-refractivity contribution < 1.29 is 24.0 Å². The number of nitrogens with zero attached hydrogens (tertiary/aromatic N) is 7. The van der Waals surface area contributed by atoms with Crippen LogP contribution in [0.15, 0.2) is 98.1 Å². The average molecular weight is 738 g/mol. The van der Waals surface area contributed by atoms with E-state index in [1.165, 1.54) is 9.80 Å². The fraction of sp³-hybridized carbons (Fsp3) is 0.244. The van der Waals surface area contributed by atoms with Gasteiger partial charge in [0, 0.05) is 90.8 Å². The maximum Gasteiger partial charge on any atom is 0.261 e. The van der Waals surface area contributed by atoms with Gasteiger partial charge in [-0.05, 0) is 74.1 Å². The lowest BCUT2D eigenvalue weighted by molar-refractivity contribution is -0.133. The Kier molecular flexibility index (Phi) is 9.51. The van der Waals surface area contributed by atoms with Crippen LogP contribution in [0, 0.1) is 0 Å². The SMILES string of the molecule is CNC(C)C(=O)N(CCCNCCN1C(=O)c2cccc3cc(-n4ccnc4)cc(c23)C1=O)CCN1C(=O)c2cccc3cc(-n4ccnc4)cc(c23)C1=O. The molecule has 4 aromatic carbocycles. The number of carbonyl (C=O) groups excluding carboxylic acids is 5. The van der Waals surface area contributed by atoms with Crippen molar-refractivity contribution in [3.05, 3.63) is 120 Å². The molecule has 5 amide bonds. The first-order valence-electron chi connectivity index (χ1n) is 18.2. The van der Waals surface area contributed by atoms with Crippen LogP contribution in [0.5, 0.6) is 0 Å². The summed E-state index contributed by atoms with van der Waals surface area (Å²) in [7, 11) is 1.70. The first-order chi connectivity index (χ1) is 26.7. The molecule has 0 fully saturated rings. The molecular weight excluding hydrogens is 699 g/mol. The van der Waals surface area contributed by atoms with E-state index in [9.17, 15) is 24.0 Å². The highest BCUT2D eigenvalue weighted by Crippen LogP contribution is 2.34. The van der Waals surface area contributed by atoms with Gasteiger partial charge >= 0.3 is 0 Å². The fourth-order valence-electron chi connectivity index (χ4n) is 7.47. The van der Waals surface area contributed by atoms with Crippen molar-refractivity contribution in [2.75, 3.05) is 46.3 Å². The maximum atomic E-state index is 13.9. The number of hydrogen-bond acceptors (Lipinski definition) is 9. The number of nitrogens with one attached hydrogen (secondary N) is 2. The minimum absolute atomic E-state index is 0.0222. The summed E-state index contributed by atoms with van der Waals surface area (Å²) < 4.78 is 3.63. The Morgan fingerprint density at radius 1 is 0.691 bits per heavy atom. The van der Waals surface area contributed by atoms with E-state index in [1.807, 2.05) is 39.5 Å². The largest absolute Gasteiger partial charge is 0.340 e. The molecule has 55 heavy (non-hydrogen) atoms. The quantitative estimate of drug-likeness (QED) is 0.126. The summed E-state index contributed by atoms with van der Waals surface area (Å²) in [5.41, 5.74) is 3.35. The zero-order valence-corrected chi connectivity index (χ0v) is 30.4. The number of benzene rings is 4. The first-order valence-corrected chi connectivity index (χ1v) is 18.2. The minimum atomic E-state index is -0.481. The van der Waals surface area contributed by atoms with Crippen molar-refractivity contribution >= 4 is 51.1 Å². The van der Waals surface area contributed by atoms with Gasteiger partial charge < -0.3 is 24.7 Å². The van der Waals surface area contributed by atoms with Crippen molar-refractivity contribution in [1.29, 1.82) is 0 Å². The van der Waals surface area contributed by atoms with Gasteiger partial charge in [0.25, 0.3) is 23.6 Å². The van der Waals surface area contributed by atoms with Crippen molar-refractivity contribution in [2.45, 2.75) is 19.4 Å². The fourth-order valence-corrected chi connectivity index (χ4v) is 7.47. The molecule has 0 saturated carbocycles. The van der Waals surface area contributed by atoms with E-state index in [-0.39, 0.29) is 37.4 Å². The third-order valence-corrected chi connectivity index (χ3v) is 10.4. The van der Waals surface area contributed by atoms with E-state index >= 15 is 0 Å². The van der Waals surface area contributed by atoms with Crippen LogP contribution in [0.1, 0.15) is 54.8 Å². The molecule has 278 valence electrons. The van der Waals surface area contributed by atoms with E-state index in [1.54, 1.807) is 86.6 Å². The molecular formula is C41H39N9O5. The van der Waals surface area contributed by atoms with E-state index in [2.05, 4.69) is 20.6 Å². The molecule has 0 aliphatic carbocycles. The van der Waals surface area contributed by atoms with Gasteiger partial charge in [-0.1, -0.05) is 24.3 Å². The molecule has 14 nitrogen and oxygen atoms in total. The van der Waals surface area contributed by atoms with Gasteiger partial charge in [-0.15, -0.1) is 0 Å². The van der Waals surface area contributed by atoms with Gasteiger partial charge in [0.1, 0.15) is 0 Å². The lowest BCUT2D eigenvalue weighted by Gasteiger charge is -2.31. The second-order valence-corrected chi connectivity index (χ2v) is 13.7. The average Bonchev–Trinajstić information content (AvgIpc) is 3.96. The summed E-state index contributed by atoms with van der Waals surface area (Å²) in [6, 6.07) is 17.8. The number of hydrogen-bond donors (Lipinski definition) is 2. The number of imide groups is 2. The molecule has 2 N–H and O–H groups in total. The Morgan fingerprint density at radius 2 is 1.22 bits per heavy atom. The smallest absolute Gasteiger partial charge is 0.261 e. The molecule has 4 heterocycles. The van der Waals surface area contributed by atoms with Crippen LogP contribution in [0.25, 0.3) is 32.9 Å². The van der Waals surface area contributed by atoms with Gasteiger partial charge in [0.15, 0.2) is 0 Å². The first kappa shape index (κ1) is 35.5. The summed E-state index contributed by atoms with van der Waals surface area (Å²) in [4.78, 5) is 80.7. The normalized spacial score (nSPS) is 14.4. The molecule has 1 atom stereocenters. The maximum absolute atomic E-state index is 13.9. The van der Waals surface area contributed by atoms with Crippen LogP contribution in [0.2, 0.25) is 0 Å². The Hall–Kier alpha value is -6.51. The molecule has 2 aromatic heterocycles. The monoisotopic (exact) mass is 737 g/mol. The third kappa shape index (κ3) is 6.44. The lowest BCUT2D eigenvalue weighted by atomic mass is 9.93. The lowest BCUT2D eigenvalue weighted by Crippen LogP contribution is -2.49. The summed E-state index contributed by atoms with van der Waals surface area (Å²) in [5.74, 6) is -1.65. The molecule has 0 radical (unpaired) electrons. The number of amides is 5. The van der Waals surface area contributed by atoms with E-state index < -0.39 is 17.9 Å². The molecule has 8 rings (SSSR count). The van der Waals surface area contributed by atoms with Crippen LogP contribution >= 0.6 is 0 Å². The highest BCUT2D eigenvalue weighted by atomic mass is 16.2. The van der Waals surface area contributed by atoms with Gasteiger partial charge in [0.2, 0.25) is 5.91 Å². The predicted octanol–water partition coefficient (Wildman–Crippen LogP) is 3.67. The molecule has 2 aliphatic rings. The van der Waals surface area contributed by atoms with Crippen molar-refractivity contribution in [3.63, 3.8) is 0 Å². The van der Waals surface area contributed by atoms with Gasteiger partial charge in [-0.3, -0.25) is 33.8 Å². The second kappa shape index (κ2) is 14.7. The Balaban J connectivity index is 0.907. The van der Waals surface area contributed by atoms with Gasteiger partial charge in [-0.25, -0.2) is 9.97 Å². The van der Waals surface area contributed by atoms with Crippen molar-refractivity contribution in [1.82, 2.24) is 44.4 Å². The van der Waals surface area contributed by atoms with Crippen LogP contribution in [-0.4, -0.2) is 116 Å². The van der Waals surface area contributed by atoms with Crippen LogP contribution in [0.4, 0.5) is 0 Å². The molecule has 14 heteroatoms. The Labute approximate surface area is 316 Å². The topological polar surface area (TPSA) is 155 Å². The summed E-state index contributed by atoms with van der Waals surface area (Å²) >= 11 is 0. The standard InChI is InChI=1S/C41H39N9O5/c1-26(42-2)37(51)46(18-19-50-39(53)32-9-4-7-28-21-30(48-16-12-45-25-48)23-34(36(28)32)41(50)55)14-5-10-43-13-17-49-38(52)31-8-3-6-27-20-29(47-15-11-44-24-47)22-33(35(27)31)40(49)54/h3-4,6-9,11-12,15-16,20-26,42-43H,5,10,13-14,17-19H2,1-2H3. The molecule has 2 aliphatic heterocycles. The summed E-state index contributed by atoms with van der Waals surface area (Å²) in [6.07, 6.45) is 10.8. The van der Waals surface area contributed by atoms with Crippen LogP contribution < -0.4 is 10.6 Å². The Morgan fingerprint density at radius 3 is 1.73 bits per heavy atom. The number of rotatable bonds is 14.